The van der Waals surface area contributed by atoms with Crippen LogP contribution in [0.5, 0.6) is 5.75 Å². The number of nitriles is 1. The third-order valence-electron chi connectivity index (χ3n) is 3.56. The molecule has 0 saturated carbocycles. The number of nitrogens with zero attached hydrogens (tertiary/aromatic N) is 1. The highest BCUT2D eigenvalue weighted by molar-refractivity contribution is 6.02. The van der Waals surface area contributed by atoms with Gasteiger partial charge in [0.15, 0.2) is 6.61 Å². The number of esters is 1. The van der Waals surface area contributed by atoms with Crippen LogP contribution in [0.1, 0.15) is 44.6 Å². The number of hydrogen-bond donors (Lipinski definition) is 1. The molecule has 0 unspecified atom stereocenters. The van der Waals surface area contributed by atoms with Gasteiger partial charge in [-0.05, 0) is 38.5 Å². The first-order valence-corrected chi connectivity index (χ1v) is 7.51. The maximum absolute atomic E-state index is 12.4. The van der Waals surface area contributed by atoms with E-state index in [9.17, 15) is 9.59 Å². The minimum Gasteiger partial charge on any atom is -0.484 e. The third kappa shape index (κ3) is 3.46. The van der Waals surface area contributed by atoms with E-state index in [0.717, 1.165) is 0 Å². The fourth-order valence-electron chi connectivity index (χ4n) is 2.44. The predicted octanol–water partition coefficient (Wildman–Crippen LogP) is 2.94. The molecule has 0 bridgehead atoms. The number of para-hydroxylation sites is 1. The van der Waals surface area contributed by atoms with Gasteiger partial charge >= 0.3 is 5.97 Å². The first kappa shape index (κ1) is 17.3. The molecular weight excluding hydrogens is 308 g/mol. The fraction of sp³-hybridized carbons (Fsp3) is 0.278. The SMILES string of the molecule is CCOC(=O)c1c(C)[nH]c(C(=O)COc2ccccc2C#N)c1C. The molecule has 1 aromatic carbocycles. The second-order valence-electron chi connectivity index (χ2n) is 5.17. The van der Waals surface area contributed by atoms with Crippen LogP contribution in [0.3, 0.4) is 0 Å². The highest BCUT2D eigenvalue weighted by atomic mass is 16.5. The maximum atomic E-state index is 12.4. The van der Waals surface area contributed by atoms with E-state index in [1.54, 1.807) is 45.0 Å². The summed E-state index contributed by atoms with van der Waals surface area (Å²) in [4.78, 5) is 27.3. The van der Waals surface area contributed by atoms with Crippen molar-refractivity contribution >= 4 is 11.8 Å². The van der Waals surface area contributed by atoms with Gasteiger partial charge in [0.1, 0.15) is 11.8 Å². The third-order valence-corrected chi connectivity index (χ3v) is 3.56. The second kappa shape index (κ2) is 7.47. The summed E-state index contributed by atoms with van der Waals surface area (Å²) in [7, 11) is 0. The van der Waals surface area contributed by atoms with Crippen molar-refractivity contribution in [2.24, 2.45) is 0 Å². The van der Waals surface area contributed by atoms with Crippen molar-refractivity contribution in [1.82, 2.24) is 4.98 Å². The molecule has 1 heterocycles. The monoisotopic (exact) mass is 326 g/mol. The van der Waals surface area contributed by atoms with E-state index >= 15 is 0 Å². The summed E-state index contributed by atoms with van der Waals surface area (Å²) in [6.07, 6.45) is 0. The van der Waals surface area contributed by atoms with Crippen molar-refractivity contribution in [3.05, 3.63) is 52.3 Å². The summed E-state index contributed by atoms with van der Waals surface area (Å²) >= 11 is 0. The Morgan fingerprint density at radius 1 is 1.25 bits per heavy atom. The number of carbonyl (C=O) groups is 2. The average Bonchev–Trinajstić information content (AvgIpc) is 2.87. The van der Waals surface area contributed by atoms with Gasteiger partial charge in [-0.15, -0.1) is 0 Å². The van der Waals surface area contributed by atoms with Crippen LogP contribution < -0.4 is 4.74 Å². The lowest BCUT2D eigenvalue weighted by molar-refractivity contribution is 0.0525. The van der Waals surface area contributed by atoms with Gasteiger partial charge in [0.2, 0.25) is 5.78 Å². The number of benzene rings is 1. The zero-order chi connectivity index (χ0) is 17.7. The number of carbonyl (C=O) groups excluding carboxylic acids is 2. The summed E-state index contributed by atoms with van der Waals surface area (Å²) in [5.74, 6) is -0.419. The Bertz CT molecular complexity index is 815. The Hall–Kier alpha value is -3.07. The number of nitrogens with one attached hydrogen (secondary N) is 1. The van der Waals surface area contributed by atoms with E-state index < -0.39 is 5.97 Å². The van der Waals surface area contributed by atoms with Gasteiger partial charge < -0.3 is 14.5 Å². The number of hydrogen-bond acceptors (Lipinski definition) is 5. The van der Waals surface area contributed by atoms with Crippen LogP contribution in [0.25, 0.3) is 0 Å². The first-order chi connectivity index (χ1) is 11.5. The summed E-state index contributed by atoms with van der Waals surface area (Å²) in [6.45, 7) is 5.15. The molecular formula is C18H18N2O4. The van der Waals surface area contributed by atoms with Crippen molar-refractivity contribution in [3.8, 4) is 11.8 Å². The molecule has 1 N–H and O–H groups in total. The van der Waals surface area contributed by atoms with E-state index in [-0.39, 0.29) is 19.0 Å². The molecule has 2 aromatic rings. The number of Topliss-reactive ketones (excluding diaryl/α,β-unsaturated/α-hetero) is 1. The Balaban J connectivity index is 2.18. The Kier molecular flexibility index (Phi) is 5.38. The second-order valence-corrected chi connectivity index (χ2v) is 5.17. The van der Waals surface area contributed by atoms with E-state index in [1.165, 1.54) is 0 Å². The smallest absolute Gasteiger partial charge is 0.340 e. The van der Waals surface area contributed by atoms with Crippen LogP contribution in [0, 0.1) is 25.2 Å². The highest BCUT2D eigenvalue weighted by Gasteiger charge is 2.23. The van der Waals surface area contributed by atoms with E-state index in [1.807, 2.05) is 6.07 Å². The van der Waals surface area contributed by atoms with Crippen LogP contribution in [-0.4, -0.2) is 30.0 Å². The molecule has 0 fully saturated rings. The van der Waals surface area contributed by atoms with Crippen LogP contribution >= 0.6 is 0 Å². The minimum atomic E-state index is -0.460. The van der Waals surface area contributed by atoms with E-state index in [2.05, 4.69) is 4.98 Å². The van der Waals surface area contributed by atoms with Crippen molar-refractivity contribution in [2.75, 3.05) is 13.2 Å². The number of ether oxygens (including phenoxy) is 2. The molecule has 0 saturated heterocycles. The molecule has 0 amide bonds. The normalized spacial score (nSPS) is 10.1. The predicted molar refractivity (Wildman–Crippen MR) is 87.2 cm³/mol. The highest BCUT2D eigenvalue weighted by Crippen LogP contribution is 2.21. The zero-order valence-corrected chi connectivity index (χ0v) is 13.8. The van der Waals surface area contributed by atoms with Gasteiger partial charge in [-0.2, -0.15) is 5.26 Å². The molecule has 0 radical (unpaired) electrons. The molecule has 6 nitrogen and oxygen atoms in total. The molecule has 24 heavy (non-hydrogen) atoms. The van der Waals surface area contributed by atoms with Crippen molar-refractivity contribution in [2.45, 2.75) is 20.8 Å². The molecule has 0 aliphatic heterocycles. The number of aromatic amines is 1. The minimum absolute atomic E-state index is 0.234. The van der Waals surface area contributed by atoms with E-state index in [4.69, 9.17) is 14.7 Å². The van der Waals surface area contributed by atoms with E-state index in [0.29, 0.717) is 33.8 Å². The summed E-state index contributed by atoms with van der Waals surface area (Å²) in [5.41, 5.74) is 2.15. The van der Waals surface area contributed by atoms with Gasteiger partial charge in [0.25, 0.3) is 0 Å². The zero-order valence-electron chi connectivity index (χ0n) is 13.8. The van der Waals surface area contributed by atoms with Crippen LogP contribution in [0.15, 0.2) is 24.3 Å². The van der Waals surface area contributed by atoms with Crippen LogP contribution in [0.4, 0.5) is 0 Å². The lowest BCUT2D eigenvalue weighted by Gasteiger charge is -2.07. The number of aryl methyl sites for hydroxylation is 1. The van der Waals surface area contributed by atoms with Gasteiger partial charge in [-0.3, -0.25) is 4.79 Å². The quantitative estimate of drug-likeness (QED) is 0.651. The molecule has 124 valence electrons. The summed E-state index contributed by atoms with van der Waals surface area (Å²) in [6, 6.07) is 8.69. The average molecular weight is 326 g/mol. The van der Waals surface area contributed by atoms with Crippen LogP contribution in [0.2, 0.25) is 0 Å². The Labute approximate surface area is 140 Å². The first-order valence-electron chi connectivity index (χ1n) is 7.51. The molecule has 0 aliphatic rings. The molecule has 2 rings (SSSR count). The van der Waals surface area contributed by atoms with Crippen molar-refractivity contribution in [3.63, 3.8) is 0 Å². The molecule has 0 spiro atoms. The maximum Gasteiger partial charge on any atom is 0.340 e. The Morgan fingerprint density at radius 2 is 1.96 bits per heavy atom. The van der Waals surface area contributed by atoms with Gasteiger partial charge in [-0.1, -0.05) is 12.1 Å². The summed E-state index contributed by atoms with van der Waals surface area (Å²) in [5, 5.41) is 9.02. The van der Waals surface area contributed by atoms with Crippen LogP contribution in [-0.2, 0) is 4.74 Å². The Morgan fingerprint density at radius 3 is 2.62 bits per heavy atom. The van der Waals surface area contributed by atoms with Gasteiger partial charge in [0, 0.05) is 5.69 Å². The fourth-order valence-corrected chi connectivity index (χ4v) is 2.44. The van der Waals surface area contributed by atoms with Crippen molar-refractivity contribution in [1.29, 1.82) is 5.26 Å². The topological polar surface area (TPSA) is 92.2 Å². The van der Waals surface area contributed by atoms with Gasteiger partial charge in [0.05, 0.1) is 23.4 Å². The molecule has 0 aliphatic carbocycles. The van der Waals surface area contributed by atoms with Crippen molar-refractivity contribution < 1.29 is 19.1 Å². The number of aromatic nitrogens is 1. The molecule has 6 heteroatoms. The lowest BCUT2D eigenvalue weighted by Crippen LogP contribution is -2.14. The number of H-pyrrole nitrogens is 1. The molecule has 0 atom stereocenters. The lowest BCUT2D eigenvalue weighted by atomic mass is 10.1. The number of ketones is 1. The van der Waals surface area contributed by atoms with Gasteiger partial charge in [-0.25, -0.2) is 4.79 Å². The standard InChI is InChI=1S/C18H18N2O4/c1-4-23-18(22)16-11(2)17(20-12(16)3)14(21)10-24-15-8-6-5-7-13(15)9-19/h5-8,20H,4,10H2,1-3H3. The largest absolute Gasteiger partial charge is 0.484 e. The summed E-state index contributed by atoms with van der Waals surface area (Å²) < 4.78 is 10.5. The number of rotatable bonds is 6. The molecule has 1 aromatic heterocycles.